The lowest BCUT2D eigenvalue weighted by Gasteiger charge is -2.23. The van der Waals surface area contributed by atoms with Gasteiger partial charge in [-0.3, -0.25) is 0 Å². The van der Waals surface area contributed by atoms with Crippen LogP contribution in [0.1, 0.15) is 11.1 Å². The topological polar surface area (TPSA) is 47.6 Å². The van der Waals surface area contributed by atoms with E-state index in [9.17, 15) is 10.5 Å². The predicted molar refractivity (Wildman–Crippen MR) is 103 cm³/mol. The van der Waals surface area contributed by atoms with Crippen LogP contribution >= 0.6 is 0 Å². The molecule has 0 fully saturated rings. The van der Waals surface area contributed by atoms with E-state index in [1.807, 2.05) is 72.8 Å². The SMILES string of the molecule is N#CC1(C#N)C(c2ccccc2)=CC2=CC(c3ccccc3)=CC=C[C@@H]21. The summed E-state index contributed by atoms with van der Waals surface area (Å²) in [7, 11) is 0. The highest BCUT2D eigenvalue weighted by molar-refractivity contribution is 5.86. The van der Waals surface area contributed by atoms with Crippen molar-refractivity contribution in [1.82, 2.24) is 0 Å². The molecule has 0 spiro atoms. The second kappa shape index (κ2) is 6.36. The molecule has 2 nitrogen and oxygen atoms in total. The van der Waals surface area contributed by atoms with E-state index in [-0.39, 0.29) is 5.92 Å². The maximum Gasteiger partial charge on any atom is 0.179 e. The second-order valence-electron chi connectivity index (χ2n) is 6.45. The van der Waals surface area contributed by atoms with Crippen molar-refractivity contribution < 1.29 is 0 Å². The number of fused-ring (bicyclic) bond motifs is 1. The van der Waals surface area contributed by atoms with E-state index in [1.165, 1.54) is 0 Å². The van der Waals surface area contributed by atoms with E-state index < -0.39 is 5.41 Å². The first kappa shape index (κ1) is 15.9. The van der Waals surface area contributed by atoms with Crippen LogP contribution in [0.4, 0.5) is 0 Å². The number of allylic oxidation sites excluding steroid dienone is 8. The molecule has 4 rings (SSSR count). The van der Waals surface area contributed by atoms with Gasteiger partial charge in [-0.25, -0.2) is 0 Å². The van der Waals surface area contributed by atoms with Gasteiger partial charge < -0.3 is 0 Å². The van der Waals surface area contributed by atoms with Crippen molar-refractivity contribution in [2.24, 2.45) is 11.3 Å². The van der Waals surface area contributed by atoms with Crippen LogP contribution in [0.2, 0.25) is 0 Å². The second-order valence-corrected chi connectivity index (χ2v) is 6.45. The lowest BCUT2D eigenvalue weighted by molar-refractivity contribution is 0.578. The normalized spacial score (nSPS) is 19.9. The molecule has 0 N–H and O–H groups in total. The van der Waals surface area contributed by atoms with Crippen LogP contribution < -0.4 is 0 Å². The van der Waals surface area contributed by atoms with Gasteiger partial charge in [-0.15, -0.1) is 0 Å². The highest BCUT2D eigenvalue weighted by Crippen LogP contribution is 2.52. The molecule has 122 valence electrons. The monoisotopic (exact) mass is 332 g/mol. The predicted octanol–water partition coefficient (Wildman–Crippen LogP) is 5.31. The fourth-order valence-corrected chi connectivity index (χ4v) is 3.70. The van der Waals surface area contributed by atoms with Gasteiger partial charge >= 0.3 is 0 Å². The van der Waals surface area contributed by atoms with Crippen LogP contribution in [-0.2, 0) is 0 Å². The van der Waals surface area contributed by atoms with Crippen LogP contribution in [0, 0.1) is 34.0 Å². The molecule has 0 saturated carbocycles. The van der Waals surface area contributed by atoms with E-state index in [0.29, 0.717) is 0 Å². The summed E-state index contributed by atoms with van der Waals surface area (Å²) in [6.45, 7) is 0. The Morgan fingerprint density at radius 3 is 2.00 bits per heavy atom. The van der Waals surface area contributed by atoms with Crippen LogP contribution in [0.3, 0.4) is 0 Å². The molecule has 0 bridgehead atoms. The zero-order chi connectivity index (χ0) is 18.0. The molecule has 1 atom stereocenters. The smallest absolute Gasteiger partial charge is 0.179 e. The fraction of sp³-hybridized carbons (Fsp3) is 0.0833. The number of nitriles is 2. The van der Waals surface area contributed by atoms with Crippen molar-refractivity contribution in [1.29, 1.82) is 10.5 Å². The molecule has 2 aliphatic carbocycles. The van der Waals surface area contributed by atoms with Crippen LogP contribution in [0.5, 0.6) is 0 Å². The molecule has 0 aliphatic heterocycles. The molecule has 0 amide bonds. The molecule has 0 unspecified atom stereocenters. The Bertz CT molecular complexity index is 1020. The van der Waals surface area contributed by atoms with Crippen molar-refractivity contribution in [2.75, 3.05) is 0 Å². The van der Waals surface area contributed by atoms with Gasteiger partial charge in [-0.1, -0.05) is 91.0 Å². The molecule has 0 heterocycles. The van der Waals surface area contributed by atoms with Crippen molar-refractivity contribution in [3.8, 4) is 12.1 Å². The Morgan fingerprint density at radius 2 is 1.38 bits per heavy atom. The summed E-state index contributed by atoms with van der Waals surface area (Å²) >= 11 is 0. The van der Waals surface area contributed by atoms with Gasteiger partial charge in [-0.05, 0) is 27.8 Å². The molecule has 2 aromatic rings. The number of rotatable bonds is 2. The number of nitrogens with zero attached hydrogens (tertiary/aromatic N) is 2. The minimum absolute atomic E-state index is 0.273. The Labute approximate surface area is 153 Å². The molecule has 0 saturated heterocycles. The quantitative estimate of drug-likeness (QED) is 0.748. The van der Waals surface area contributed by atoms with Gasteiger partial charge in [0, 0.05) is 5.92 Å². The lowest BCUT2D eigenvalue weighted by Crippen LogP contribution is -2.24. The Morgan fingerprint density at radius 1 is 0.769 bits per heavy atom. The first-order chi connectivity index (χ1) is 12.8. The van der Waals surface area contributed by atoms with Crippen LogP contribution in [-0.4, -0.2) is 0 Å². The summed E-state index contributed by atoms with van der Waals surface area (Å²) in [5.74, 6) is -0.273. The average molecular weight is 332 g/mol. The van der Waals surface area contributed by atoms with E-state index in [4.69, 9.17) is 0 Å². The third-order valence-corrected chi connectivity index (χ3v) is 5.01. The first-order valence-electron chi connectivity index (χ1n) is 8.54. The number of hydrogen-bond donors (Lipinski definition) is 0. The summed E-state index contributed by atoms with van der Waals surface area (Å²) in [6, 6.07) is 24.5. The van der Waals surface area contributed by atoms with Gasteiger partial charge in [0.1, 0.15) is 0 Å². The standard InChI is InChI=1S/C24H16N2/c25-16-24(17-26)22-13-7-12-20(18-8-3-1-4-9-18)14-21(22)15-23(24)19-10-5-2-6-11-19/h1-15,22H/t22-/m0/s1. The molecule has 0 aromatic heterocycles. The fourth-order valence-electron chi connectivity index (χ4n) is 3.70. The van der Waals surface area contributed by atoms with Crippen LogP contribution in [0.25, 0.3) is 11.1 Å². The first-order valence-corrected chi connectivity index (χ1v) is 8.54. The zero-order valence-corrected chi connectivity index (χ0v) is 14.1. The molecule has 26 heavy (non-hydrogen) atoms. The minimum atomic E-state index is -1.20. The summed E-state index contributed by atoms with van der Waals surface area (Å²) in [4.78, 5) is 0. The van der Waals surface area contributed by atoms with E-state index >= 15 is 0 Å². The zero-order valence-electron chi connectivity index (χ0n) is 14.1. The van der Waals surface area contributed by atoms with E-state index in [1.54, 1.807) is 0 Å². The molecule has 2 aromatic carbocycles. The third kappa shape index (κ3) is 2.41. The largest absolute Gasteiger partial charge is 0.196 e. The van der Waals surface area contributed by atoms with Gasteiger partial charge in [0.25, 0.3) is 0 Å². The van der Waals surface area contributed by atoms with Gasteiger partial charge in [0.05, 0.1) is 12.1 Å². The Balaban J connectivity index is 1.88. The maximum absolute atomic E-state index is 9.97. The maximum atomic E-state index is 9.97. The lowest BCUT2D eigenvalue weighted by atomic mass is 9.73. The van der Waals surface area contributed by atoms with Crippen molar-refractivity contribution >= 4 is 11.1 Å². The van der Waals surface area contributed by atoms with Gasteiger partial charge in [-0.2, -0.15) is 10.5 Å². The van der Waals surface area contributed by atoms with Crippen molar-refractivity contribution in [2.45, 2.75) is 0 Å². The Hall–Kier alpha value is -3.62. The van der Waals surface area contributed by atoms with E-state index in [2.05, 4.69) is 30.3 Å². The highest BCUT2D eigenvalue weighted by atomic mass is 14.5. The van der Waals surface area contributed by atoms with Gasteiger partial charge in [0.15, 0.2) is 5.41 Å². The number of hydrogen-bond acceptors (Lipinski definition) is 2. The van der Waals surface area contributed by atoms with E-state index in [0.717, 1.165) is 27.8 Å². The van der Waals surface area contributed by atoms with Gasteiger partial charge in [0.2, 0.25) is 0 Å². The van der Waals surface area contributed by atoms with Crippen molar-refractivity contribution in [3.63, 3.8) is 0 Å². The molecular formula is C24H16N2. The van der Waals surface area contributed by atoms with Crippen molar-refractivity contribution in [3.05, 3.63) is 108 Å². The summed E-state index contributed by atoms with van der Waals surface area (Å²) in [5, 5.41) is 19.9. The highest BCUT2D eigenvalue weighted by Gasteiger charge is 2.48. The molecular weight excluding hydrogens is 316 g/mol. The minimum Gasteiger partial charge on any atom is -0.196 e. The molecule has 0 radical (unpaired) electrons. The number of benzene rings is 2. The van der Waals surface area contributed by atoms with Crippen LogP contribution in [0.15, 0.2) is 96.6 Å². The summed E-state index contributed by atoms with van der Waals surface area (Å²) in [5.41, 5.74) is 3.68. The third-order valence-electron chi connectivity index (χ3n) is 5.01. The Kier molecular flexibility index (Phi) is 3.88. The average Bonchev–Trinajstić information content (AvgIpc) is 2.86. The summed E-state index contributed by atoms with van der Waals surface area (Å²) in [6.07, 6.45) is 10.1. The summed E-state index contributed by atoms with van der Waals surface area (Å²) < 4.78 is 0. The molecule has 2 aliphatic rings. The molecule has 2 heteroatoms.